The number of rotatable bonds is 7. The van der Waals surface area contributed by atoms with E-state index in [1.165, 1.54) is 25.2 Å². The summed E-state index contributed by atoms with van der Waals surface area (Å²) in [6.07, 6.45) is 1.53. The van der Waals surface area contributed by atoms with E-state index in [4.69, 9.17) is 9.15 Å². The Morgan fingerprint density at radius 3 is 2.62 bits per heavy atom. The molecule has 1 atom stereocenters. The average Bonchev–Trinajstić information content (AvgIpc) is 3.12. The maximum atomic E-state index is 13.0. The summed E-state index contributed by atoms with van der Waals surface area (Å²) in [5.41, 5.74) is 0.933. The van der Waals surface area contributed by atoms with Gasteiger partial charge in [0.2, 0.25) is 5.91 Å². The highest BCUT2D eigenvalue weighted by Crippen LogP contribution is 2.17. The predicted molar refractivity (Wildman–Crippen MR) is 95.4 cm³/mol. The number of amides is 2. The summed E-state index contributed by atoms with van der Waals surface area (Å²) >= 11 is 0. The standard InChI is InChI=1S/C19H22N2O5/c1-13(19(24)25-3)11-21(12-17-8-5-9-26-17)18(23)15-6-4-7-16(10-15)20-14(2)22/h4-10,13H,11-12H2,1-3H3,(H,20,22). The van der Waals surface area contributed by atoms with Crippen LogP contribution in [0.1, 0.15) is 30.0 Å². The molecule has 0 fully saturated rings. The molecule has 138 valence electrons. The van der Waals surface area contributed by atoms with Gasteiger partial charge in [-0.3, -0.25) is 14.4 Å². The molecule has 26 heavy (non-hydrogen) atoms. The summed E-state index contributed by atoms with van der Waals surface area (Å²) in [6, 6.07) is 10.1. The SMILES string of the molecule is COC(=O)C(C)CN(Cc1ccco1)C(=O)c1cccc(NC(C)=O)c1. The number of carbonyl (C=O) groups excluding carboxylic acids is 3. The molecule has 1 aromatic heterocycles. The molecule has 0 aliphatic carbocycles. The van der Waals surface area contributed by atoms with Crippen LogP contribution in [0.5, 0.6) is 0 Å². The van der Waals surface area contributed by atoms with Gasteiger partial charge < -0.3 is 19.4 Å². The topological polar surface area (TPSA) is 88.8 Å². The van der Waals surface area contributed by atoms with Crippen molar-refractivity contribution in [3.8, 4) is 0 Å². The van der Waals surface area contributed by atoms with Crippen LogP contribution in [0.3, 0.4) is 0 Å². The van der Waals surface area contributed by atoms with Crippen molar-refractivity contribution in [3.63, 3.8) is 0 Å². The van der Waals surface area contributed by atoms with E-state index >= 15 is 0 Å². The molecule has 7 nitrogen and oxygen atoms in total. The van der Waals surface area contributed by atoms with E-state index in [0.29, 0.717) is 17.0 Å². The summed E-state index contributed by atoms with van der Waals surface area (Å²) in [4.78, 5) is 37.5. The molecule has 1 heterocycles. The Bertz CT molecular complexity index is 770. The van der Waals surface area contributed by atoms with Crippen LogP contribution in [0.25, 0.3) is 0 Å². The Balaban J connectivity index is 2.24. The highest BCUT2D eigenvalue weighted by atomic mass is 16.5. The largest absolute Gasteiger partial charge is 0.469 e. The summed E-state index contributed by atoms with van der Waals surface area (Å²) in [6.45, 7) is 3.49. The lowest BCUT2D eigenvalue weighted by atomic mass is 10.1. The third-order valence-electron chi connectivity index (χ3n) is 3.74. The first-order valence-corrected chi connectivity index (χ1v) is 8.18. The molecular formula is C19H22N2O5. The Morgan fingerprint density at radius 1 is 1.23 bits per heavy atom. The van der Waals surface area contributed by atoms with E-state index < -0.39 is 11.9 Å². The number of furan rings is 1. The fraction of sp³-hybridized carbons (Fsp3) is 0.316. The van der Waals surface area contributed by atoms with Gasteiger partial charge in [0.05, 0.1) is 25.8 Å². The van der Waals surface area contributed by atoms with Crippen molar-refractivity contribution in [2.24, 2.45) is 5.92 Å². The first-order chi connectivity index (χ1) is 12.4. The van der Waals surface area contributed by atoms with Crippen molar-refractivity contribution in [2.45, 2.75) is 20.4 Å². The molecule has 0 bridgehead atoms. The molecular weight excluding hydrogens is 336 g/mol. The van der Waals surface area contributed by atoms with Gasteiger partial charge in [0, 0.05) is 24.7 Å². The summed E-state index contributed by atoms with van der Waals surface area (Å²) in [7, 11) is 1.31. The normalized spacial score (nSPS) is 11.5. The number of esters is 1. The molecule has 7 heteroatoms. The second-order valence-corrected chi connectivity index (χ2v) is 5.95. The third-order valence-corrected chi connectivity index (χ3v) is 3.74. The third kappa shape index (κ3) is 5.20. The highest BCUT2D eigenvalue weighted by Gasteiger charge is 2.23. The van der Waals surface area contributed by atoms with Crippen LogP contribution in [0, 0.1) is 5.92 Å². The lowest BCUT2D eigenvalue weighted by Gasteiger charge is -2.24. The van der Waals surface area contributed by atoms with E-state index in [1.54, 1.807) is 43.3 Å². The maximum absolute atomic E-state index is 13.0. The molecule has 2 amide bonds. The van der Waals surface area contributed by atoms with Crippen molar-refractivity contribution in [1.82, 2.24) is 4.90 Å². The molecule has 0 aliphatic rings. The molecule has 2 rings (SSSR count). The Morgan fingerprint density at radius 2 is 2.00 bits per heavy atom. The van der Waals surface area contributed by atoms with Gasteiger partial charge in [-0.25, -0.2) is 0 Å². The van der Waals surface area contributed by atoms with Gasteiger partial charge in [0.15, 0.2) is 0 Å². The number of nitrogens with zero attached hydrogens (tertiary/aromatic N) is 1. The van der Waals surface area contributed by atoms with Crippen LogP contribution in [-0.2, 0) is 20.9 Å². The molecule has 0 spiro atoms. The van der Waals surface area contributed by atoms with E-state index in [1.807, 2.05) is 0 Å². The lowest BCUT2D eigenvalue weighted by Crippen LogP contribution is -2.36. The van der Waals surface area contributed by atoms with Gasteiger partial charge in [-0.05, 0) is 30.3 Å². The summed E-state index contributed by atoms with van der Waals surface area (Å²) in [5.74, 6) is -0.772. The Hall–Kier alpha value is -3.09. The summed E-state index contributed by atoms with van der Waals surface area (Å²) in [5, 5.41) is 2.65. The van der Waals surface area contributed by atoms with Gasteiger partial charge in [-0.15, -0.1) is 0 Å². The minimum absolute atomic E-state index is 0.177. The number of methoxy groups -OCH3 is 1. The highest BCUT2D eigenvalue weighted by molar-refractivity contribution is 5.97. The van der Waals surface area contributed by atoms with E-state index in [2.05, 4.69) is 5.32 Å². The molecule has 2 aromatic rings. The Labute approximate surface area is 151 Å². The second kappa shape index (κ2) is 8.84. The minimum atomic E-state index is -0.488. The quantitative estimate of drug-likeness (QED) is 0.769. The van der Waals surface area contributed by atoms with Crippen LogP contribution in [0.15, 0.2) is 47.1 Å². The zero-order valence-electron chi connectivity index (χ0n) is 15.0. The predicted octanol–water partition coefficient (Wildman–Crippen LogP) is 2.69. The van der Waals surface area contributed by atoms with Crippen LogP contribution in [0.4, 0.5) is 5.69 Å². The van der Waals surface area contributed by atoms with Crippen LogP contribution >= 0.6 is 0 Å². The van der Waals surface area contributed by atoms with Gasteiger partial charge in [0.25, 0.3) is 5.91 Å². The molecule has 0 aliphatic heterocycles. The average molecular weight is 358 g/mol. The number of benzene rings is 1. The number of hydrogen-bond donors (Lipinski definition) is 1. The number of hydrogen-bond acceptors (Lipinski definition) is 5. The first-order valence-electron chi connectivity index (χ1n) is 8.18. The van der Waals surface area contributed by atoms with Crippen LogP contribution < -0.4 is 5.32 Å². The van der Waals surface area contributed by atoms with Gasteiger partial charge in [0.1, 0.15) is 5.76 Å². The zero-order valence-corrected chi connectivity index (χ0v) is 15.0. The fourth-order valence-corrected chi connectivity index (χ4v) is 2.53. The Kier molecular flexibility index (Phi) is 6.54. The van der Waals surface area contributed by atoms with Crippen LogP contribution in [-0.4, -0.2) is 36.3 Å². The number of anilines is 1. The minimum Gasteiger partial charge on any atom is -0.469 e. The molecule has 1 aromatic carbocycles. The van der Waals surface area contributed by atoms with Crippen molar-refractivity contribution < 1.29 is 23.5 Å². The van der Waals surface area contributed by atoms with Gasteiger partial charge >= 0.3 is 5.97 Å². The smallest absolute Gasteiger partial charge is 0.310 e. The van der Waals surface area contributed by atoms with Crippen LogP contribution in [0.2, 0.25) is 0 Å². The van der Waals surface area contributed by atoms with E-state index in [0.717, 1.165) is 0 Å². The summed E-state index contributed by atoms with van der Waals surface area (Å²) < 4.78 is 10.1. The van der Waals surface area contributed by atoms with Crippen molar-refractivity contribution in [3.05, 3.63) is 54.0 Å². The number of nitrogens with one attached hydrogen (secondary N) is 1. The number of carbonyl (C=O) groups is 3. The van der Waals surface area contributed by atoms with Crippen molar-refractivity contribution in [2.75, 3.05) is 19.0 Å². The fourth-order valence-electron chi connectivity index (χ4n) is 2.53. The van der Waals surface area contributed by atoms with Gasteiger partial charge in [-0.2, -0.15) is 0 Å². The molecule has 0 radical (unpaired) electrons. The van der Waals surface area contributed by atoms with Crippen molar-refractivity contribution in [1.29, 1.82) is 0 Å². The van der Waals surface area contributed by atoms with Crippen molar-refractivity contribution >= 4 is 23.5 Å². The molecule has 1 N–H and O–H groups in total. The van der Waals surface area contributed by atoms with Gasteiger partial charge in [-0.1, -0.05) is 13.0 Å². The lowest BCUT2D eigenvalue weighted by molar-refractivity contribution is -0.145. The van der Waals surface area contributed by atoms with E-state index in [-0.39, 0.29) is 24.9 Å². The first kappa shape index (κ1) is 19.2. The van der Waals surface area contributed by atoms with E-state index in [9.17, 15) is 14.4 Å². The molecule has 0 saturated carbocycles. The monoisotopic (exact) mass is 358 g/mol. The zero-order chi connectivity index (χ0) is 19.1. The second-order valence-electron chi connectivity index (χ2n) is 5.95. The molecule has 0 saturated heterocycles. The number of ether oxygens (including phenoxy) is 1. The maximum Gasteiger partial charge on any atom is 0.310 e. The molecule has 1 unspecified atom stereocenters.